The van der Waals surface area contributed by atoms with Crippen LogP contribution in [0.4, 0.5) is 0 Å². The molecule has 1 aliphatic heterocycles. The number of carbonyl (C=O) groups excluding carboxylic acids is 10. The van der Waals surface area contributed by atoms with Gasteiger partial charge in [-0.3, -0.25) is 52.9 Å². The maximum Gasteiger partial charge on any atom is 0.247 e. The van der Waals surface area contributed by atoms with Crippen molar-refractivity contribution in [2.45, 2.75) is 158 Å². The second-order valence-electron chi connectivity index (χ2n) is 18.9. The van der Waals surface area contributed by atoms with E-state index in [9.17, 15) is 53.1 Å². The van der Waals surface area contributed by atoms with Crippen LogP contribution in [0.15, 0.2) is 29.2 Å². The molecule has 1 aliphatic rings. The van der Waals surface area contributed by atoms with E-state index in [1.165, 1.54) is 37.3 Å². The Labute approximate surface area is 453 Å². The summed E-state index contributed by atoms with van der Waals surface area (Å²) in [4.78, 5) is 146. The lowest BCUT2D eigenvalue weighted by atomic mass is 9.97. The van der Waals surface area contributed by atoms with E-state index in [0.717, 1.165) is 0 Å². The van der Waals surface area contributed by atoms with Gasteiger partial charge >= 0.3 is 0 Å². The normalized spacial score (nSPS) is 16.4. The lowest BCUT2D eigenvalue weighted by molar-refractivity contribution is -0.142. The molecule has 9 atom stereocenters. The predicted molar refractivity (Wildman–Crippen MR) is 287 cm³/mol. The van der Waals surface area contributed by atoms with Crippen LogP contribution >= 0.6 is 0 Å². The van der Waals surface area contributed by atoms with Gasteiger partial charge in [0.05, 0.1) is 31.1 Å². The number of guanidine groups is 1. The third kappa shape index (κ3) is 24.0. The number of aliphatic hydroxyl groups is 1. The number of primary amides is 1. The molecule has 25 N–H and O–H groups in total. The number of nitrogens with one attached hydrogen (secondary N) is 8. The highest BCUT2D eigenvalue weighted by Crippen LogP contribution is 2.21. The Balaban J connectivity index is 2.24. The average Bonchev–Trinajstić information content (AvgIpc) is 4.12. The standard InChI is InChI=1S/C48H85N19O11/c1-27(40(54)71)61-42(73)29(10-8-20-58-48(55)56)15-16-36(68)32(12-4-6-18-50)64-44(75)34(22-30-24-57-26-60-30)65-45(76)35-14-9-21-67(35)47(78)33(13-7-19-51)63-38(70)25-59-41(72)28(2)62-46(77)39(37(69)23-52)66-43(74)31(53)11-3-5-17-49/h10,24,26-28,31-35,37,39,69H,3-9,11-23,25,49-53H2,1-2H3,(H2,54,71)(H,57,60)(H,59,72)(H,61,73)(H,62,77)(H,63,70)(H,64,75)(H,65,76)(H,66,74)(H4,55,56,58)/b29-10+/t27-,28-,31-,32-,33+,34-,35-,37-,39-/m0/s1. The molecule has 0 spiro atoms. The summed E-state index contributed by atoms with van der Waals surface area (Å²) in [6.07, 6.45) is 6.07. The number of aliphatic imine (C=N–C) groups is 1. The van der Waals surface area contributed by atoms with E-state index >= 15 is 0 Å². The van der Waals surface area contributed by atoms with Gasteiger partial charge in [0, 0.05) is 49.9 Å². The third-order valence-electron chi connectivity index (χ3n) is 12.6. The molecule has 0 radical (unpaired) electrons. The van der Waals surface area contributed by atoms with E-state index in [2.05, 4.69) is 52.2 Å². The van der Waals surface area contributed by atoms with Gasteiger partial charge in [-0.15, -0.1) is 0 Å². The van der Waals surface area contributed by atoms with Crippen LogP contribution in [0.1, 0.15) is 103 Å². The van der Waals surface area contributed by atoms with E-state index in [0.29, 0.717) is 50.9 Å². The van der Waals surface area contributed by atoms with E-state index in [4.69, 9.17) is 45.9 Å². The van der Waals surface area contributed by atoms with E-state index < -0.39 is 126 Å². The van der Waals surface area contributed by atoms with Crippen LogP contribution in [-0.4, -0.2) is 185 Å². The van der Waals surface area contributed by atoms with Crippen LogP contribution in [-0.2, 0) is 54.4 Å². The summed E-state index contributed by atoms with van der Waals surface area (Å²) in [5.41, 5.74) is 45.3. The molecular weight excluding hydrogens is 1020 g/mol. The Morgan fingerprint density at radius 3 is 2.05 bits per heavy atom. The van der Waals surface area contributed by atoms with Gasteiger partial charge in [0.1, 0.15) is 36.3 Å². The van der Waals surface area contributed by atoms with Gasteiger partial charge in [0.15, 0.2) is 11.7 Å². The van der Waals surface area contributed by atoms with Crippen LogP contribution in [0, 0.1) is 0 Å². The molecule has 0 saturated carbocycles. The first-order valence-electron chi connectivity index (χ1n) is 26.3. The van der Waals surface area contributed by atoms with Crippen LogP contribution in [0.2, 0.25) is 0 Å². The number of aromatic amines is 1. The highest BCUT2D eigenvalue weighted by molar-refractivity contribution is 5.99. The minimum Gasteiger partial charge on any atom is -0.389 e. The Morgan fingerprint density at radius 1 is 0.769 bits per heavy atom. The molecule has 1 saturated heterocycles. The van der Waals surface area contributed by atoms with Gasteiger partial charge in [0.25, 0.3) is 0 Å². The lowest BCUT2D eigenvalue weighted by Crippen LogP contribution is -2.60. The van der Waals surface area contributed by atoms with Gasteiger partial charge < -0.3 is 98.1 Å². The fraction of sp³-hybridized carbons (Fsp3) is 0.667. The second kappa shape index (κ2) is 36.1. The molecule has 1 aromatic heterocycles. The minimum atomic E-state index is -1.56. The van der Waals surface area contributed by atoms with Crippen LogP contribution in [0.5, 0.6) is 0 Å². The number of ketones is 1. The molecule has 438 valence electrons. The molecular formula is C48H85N19O11. The molecule has 0 aliphatic carbocycles. The number of likely N-dealkylation sites (tertiary alicyclic amines) is 1. The summed E-state index contributed by atoms with van der Waals surface area (Å²) < 4.78 is 0. The summed E-state index contributed by atoms with van der Waals surface area (Å²) >= 11 is 0. The number of nitrogens with zero attached hydrogens (tertiary/aromatic N) is 3. The molecule has 2 heterocycles. The zero-order valence-electron chi connectivity index (χ0n) is 44.8. The largest absolute Gasteiger partial charge is 0.389 e. The molecule has 2 rings (SSSR count). The molecule has 0 unspecified atom stereocenters. The van der Waals surface area contributed by atoms with Crippen LogP contribution in [0.25, 0.3) is 0 Å². The number of carbonyl (C=O) groups is 10. The van der Waals surface area contributed by atoms with Crippen LogP contribution in [0.3, 0.4) is 0 Å². The van der Waals surface area contributed by atoms with Crippen molar-refractivity contribution in [3.8, 4) is 0 Å². The first-order valence-corrected chi connectivity index (χ1v) is 26.3. The predicted octanol–water partition coefficient (Wildman–Crippen LogP) is -6.92. The highest BCUT2D eigenvalue weighted by atomic mass is 16.3. The lowest BCUT2D eigenvalue weighted by Gasteiger charge is -2.30. The fourth-order valence-electron chi connectivity index (χ4n) is 8.10. The molecule has 78 heavy (non-hydrogen) atoms. The van der Waals surface area contributed by atoms with Gasteiger partial charge in [-0.25, -0.2) is 4.98 Å². The molecule has 0 bridgehead atoms. The zero-order valence-corrected chi connectivity index (χ0v) is 44.8. The Hall–Kier alpha value is -7.12. The third-order valence-corrected chi connectivity index (χ3v) is 12.6. The number of Topliss-reactive ketones (excluding diaryl/α,β-unsaturated/α-hetero) is 1. The quantitative estimate of drug-likeness (QED) is 0.0127. The first kappa shape index (κ1) is 67.0. The summed E-state index contributed by atoms with van der Waals surface area (Å²) in [6.45, 7) is 2.72. The van der Waals surface area contributed by atoms with E-state index in [1.54, 1.807) is 0 Å². The number of rotatable bonds is 38. The molecule has 9 amide bonds. The number of nitrogens with two attached hydrogens (primary N) is 8. The molecule has 0 aromatic carbocycles. The fourth-order valence-corrected chi connectivity index (χ4v) is 8.10. The van der Waals surface area contributed by atoms with Gasteiger partial charge in [-0.1, -0.05) is 12.5 Å². The number of aromatic nitrogens is 2. The molecule has 30 heteroatoms. The van der Waals surface area contributed by atoms with Gasteiger partial charge in [-0.2, -0.15) is 0 Å². The SMILES string of the molecule is C[C@H](NC(=O)/C(=C/CCN=C(N)N)CCC(=O)[C@H](CCCCN)NC(=O)[C@H](Cc1cnc[nH]1)NC(=O)[C@@H]1CCCN1C(=O)[C@@H](CCCN)NC(=O)CNC(=O)[C@H](C)NC(=O)[C@@H](NC(=O)[C@@H](N)CCCCN)[C@@H](O)CN)C(N)=O. The average molecular weight is 1100 g/mol. The Morgan fingerprint density at radius 2 is 1.44 bits per heavy atom. The smallest absolute Gasteiger partial charge is 0.247 e. The van der Waals surface area contributed by atoms with Gasteiger partial charge in [-0.05, 0) is 104 Å². The molecule has 1 fully saturated rings. The van der Waals surface area contributed by atoms with E-state index in [-0.39, 0.29) is 89.0 Å². The second-order valence-corrected chi connectivity index (χ2v) is 18.9. The van der Waals surface area contributed by atoms with Crippen molar-refractivity contribution in [2.24, 2.45) is 50.9 Å². The number of H-pyrrole nitrogens is 1. The summed E-state index contributed by atoms with van der Waals surface area (Å²) in [5.74, 6) is -7.39. The maximum absolute atomic E-state index is 14.2. The summed E-state index contributed by atoms with van der Waals surface area (Å²) in [6, 6.07) is -9.58. The summed E-state index contributed by atoms with van der Waals surface area (Å²) in [7, 11) is 0. The van der Waals surface area contributed by atoms with Crippen molar-refractivity contribution in [3.63, 3.8) is 0 Å². The maximum atomic E-state index is 14.2. The van der Waals surface area contributed by atoms with Crippen molar-refractivity contribution >= 4 is 64.9 Å². The number of hydrogen-bond donors (Lipinski definition) is 17. The van der Waals surface area contributed by atoms with E-state index in [1.807, 2.05) is 0 Å². The monoisotopic (exact) mass is 1100 g/mol. The number of amides is 9. The van der Waals surface area contributed by atoms with Crippen molar-refractivity contribution in [2.75, 3.05) is 45.8 Å². The highest BCUT2D eigenvalue weighted by Gasteiger charge is 2.40. The Kier molecular flexibility index (Phi) is 31.0. The molecule has 1 aromatic rings. The number of unbranched alkanes of at least 4 members (excludes halogenated alkanes) is 2. The Bertz CT molecular complexity index is 2190. The minimum absolute atomic E-state index is 0.0520. The summed E-state index contributed by atoms with van der Waals surface area (Å²) in [5, 5.41) is 28.2. The van der Waals surface area contributed by atoms with Crippen molar-refractivity contribution in [1.82, 2.24) is 52.1 Å². The number of aliphatic hydroxyl groups excluding tert-OH is 1. The number of hydrogen-bond acceptors (Lipinski definition) is 18. The van der Waals surface area contributed by atoms with Crippen molar-refractivity contribution in [3.05, 3.63) is 29.9 Å². The van der Waals surface area contributed by atoms with Crippen LogP contribution < -0.4 is 83.1 Å². The first-order chi connectivity index (χ1) is 37.1. The topological polar surface area (TPSA) is 528 Å². The van der Waals surface area contributed by atoms with Crippen molar-refractivity contribution < 1.29 is 53.1 Å². The van der Waals surface area contributed by atoms with Crippen molar-refractivity contribution in [1.29, 1.82) is 0 Å². The van der Waals surface area contributed by atoms with Gasteiger partial charge in [0.2, 0.25) is 53.2 Å². The number of imidazole rings is 1. The molecule has 30 nitrogen and oxygen atoms in total. The zero-order chi connectivity index (χ0) is 58.3.